The topological polar surface area (TPSA) is 97.2 Å². The molecule has 2 aromatic rings. The predicted molar refractivity (Wildman–Crippen MR) is 123 cm³/mol. The standard InChI is InChI=1S/C21H31N5O3S2/c1-15-9-11-17(12-10-15)26(31(4,28)29)13-19-23-24-21(25(19)3)30-14-20(27)22-18-8-6-5-7-16(18)2/h9-12,16,18H,5-8,13-14H2,1-4H3,(H,22,27). The molecule has 2 atom stereocenters. The van der Waals surface area contributed by atoms with Gasteiger partial charge in [-0.25, -0.2) is 8.42 Å². The number of benzene rings is 1. The van der Waals surface area contributed by atoms with Crippen molar-refractivity contribution in [3.63, 3.8) is 0 Å². The summed E-state index contributed by atoms with van der Waals surface area (Å²) in [5.41, 5.74) is 1.63. The molecule has 1 aliphatic rings. The van der Waals surface area contributed by atoms with E-state index in [4.69, 9.17) is 0 Å². The third-order valence-electron chi connectivity index (χ3n) is 5.72. The molecule has 0 saturated heterocycles. The van der Waals surface area contributed by atoms with Crippen LogP contribution in [0.25, 0.3) is 0 Å². The van der Waals surface area contributed by atoms with Crippen LogP contribution in [-0.2, 0) is 28.4 Å². The van der Waals surface area contributed by atoms with Crippen LogP contribution < -0.4 is 9.62 Å². The number of amides is 1. The molecule has 0 bridgehead atoms. The van der Waals surface area contributed by atoms with Crippen LogP contribution in [0.15, 0.2) is 29.4 Å². The minimum atomic E-state index is -3.50. The van der Waals surface area contributed by atoms with Crippen molar-refractivity contribution in [2.45, 2.75) is 57.3 Å². The molecule has 0 spiro atoms. The summed E-state index contributed by atoms with van der Waals surface area (Å²) in [4.78, 5) is 12.4. The highest BCUT2D eigenvalue weighted by molar-refractivity contribution is 7.99. The quantitative estimate of drug-likeness (QED) is 0.602. The van der Waals surface area contributed by atoms with E-state index in [0.29, 0.717) is 22.6 Å². The predicted octanol–water partition coefficient (Wildman–Crippen LogP) is 2.88. The number of carbonyl (C=O) groups is 1. The summed E-state index contributed by atoms with van der Waals surface area (Å²) in [6, 6.07) is 7.54. The van der Waals surface area contributed by atoms with Crippen molar-refractivity contribution in [3.8, 4) is 0 Å². The first-order chi connectivity index (χ1) is 14.6. The van der Waals surface area contributed by atoms with Crippen molar-refractivity contribution >= 4 is 33.4 Å². The van der Waals surface area contributed by atoms with Crippen LogP contribution >= 0.6 is 11.8 Å². The molecule has 0 aliphatic heterocycles. The van der Waals surface area contributed by atoms with Gasteiger partial charge in [-0.3, -0.25) is 9.10 Å². The van der Waals surface area contributed by atoms with Crippen molar-refractivity contribution in [2.24, 2.45) is 13.0 Å². The van der Waals surface area contributed by atoms with Crippen LogP contribution in [0.1, 0.15) is 44.0 Å². The average Bonchev–Trinajstić information content (AvgIpc) is 3.06. The molecular formula is C21H31N5O3S2. The molecule has 8 nitrogen and oxygen atoms in total. The monoisotopic (exact) mass is 465 g/mol. The van der Waals surface area contributed by atoms with Gasteiger partial charge in [0, 0.05) is 13.1 Å². The fraction of sp³-hybridized carbons (Fsp3) is 0.571. The van der Waals surface area contributed by atoms with Gasteiger partial charge in [0.05, 0.1) is 24.2 Å². The number of hydrogen-bond donors (Lipinski definition) is 1. The molecular weight excluding hydrogens is 434 g/mol. The third-order valence-corrected chi connectivity index (χ3v) is 7.88. The lowest BCUT2D eigenvalue weighted by molar-refractivity contribution is -0.119. The molecule has 1 heterocycles. The molecule has 0 radical (unpaired) electrons. The van der Waals surface area contributed by atoms with Crippen LogP contribution in [0.2, 0.25) is 0 Å². The molecule has 31 heavy (non-hydrogen) atoms. The number of carbonyl (C=O) groups excluding carboxylic acids is 1. The van der Waals surface area contributed by atoms with E-state index < -0.39 is 10.0 Å². The van der Waals surface area contributed by atoms with E-state index >= 15 is 0 Å². The highest BCUT2D eigenvalue weighted by Gasteiger charge is 2.24. The maximum absolute atomic E-state index is 12.4. The molecule has 1 aromatic heterocycles. The lowest BCUT2D eigenvalue weighted by atomic mass is 9.86. The zero-order valence-electron chi connectivity index (χ0n) is 18.5. The van der Waals surface area contributed by atoms with Crippen molar-refractivity contribution < 1.29 is 13.2 Å². The first-order valence-corrected chi connectivity index (χ1v) is 13.3. The number of thioether (sulfide) groups is 1. The Hall–Kier alpha value is -2.07. The van der Waals surface area contributed by atoms with Gasteiger partial charge in [0.2, 0.25) is 15.9 Å². The summed E-state index contributed by atoms with van der Waals surface area (Å²) in [5, 5.41) is 12.1. The Morgan fingerprint density at radius 3 is 2.55 bits per heavy atom. The van der Waals surface area contributed by atoms with Gasteiger partial charge in [-0.15, -0.1) is 10.2 Å². The second kappa shape index (κ2) is 10.0. The van der Waals surface area contributed by atoms with Crippen LogP contribution in [0, 0.1) is 12.8 Å². The maximum Gasteiger partial charge on any atom is 0.232 e. The molecule has 10 heteroatoms. The SMILES string of the molecule is Cc1ccc(N(Cc2nnc(SCC(=O)NC3CCCCC3C)n2C)S(C)(=O)=O)cc1. The van der Waals surface area contributed by atoms with E-state index in [2.05, 4.69) is 22.4 Å². The highest BCUT2D eigenvalue weighted by atomic mass is 32.2. The van der Waals surface area contributed by atoms with Crippen molar-refractivity contribution in [3.05, 3.63) is 35.7 Å². The van der Waals surface area contributed by atoms with Gasteiger partial charge in [0.25, 0.3) is 0 Å². The number of aryl methyl sites for hydroxylation is 1. The van der Waals surface area contributed by atoms with E-state index in [1.165, 1.54) is 28.7 Å². The van der Waals surface area contributed by atoms with Crippen LogP contribution in [0.3, 0.4) is 0 Å². The van der Waals surface area contributed by atoms with Crippen LogP contribution in [0.4, 0.5) is 5.69 Å². The van der Waals surface area contributed by atoms with Gasteiger partial charge < -0.3 is 9.88 Å². The second-order valence-electron chi connectivity index (χ2n) is 8.29. The summed E-state index contributed by atoms with van der Waals surface area (Å²) in [6.07, 6.45) is 5.76. The summed E-state index contributed by atoms with van der Waals surface area (Å²) in [6.45, 7) is 4.21. The van der Waals surface area contributed by atoms with E-state index in [0.717, 1.165) is 24.8 Å². The lowest BCUT2D eigenvalue weighted by Crippen LogP contribution is -2.41. The Morgan fingerprint density at radius 2 is 1.90 bits per heavy atom. The first-order valence-electron chi connectivity index (χ1n) is 10.5. The van der Waals surface area contributed by atoms with E-state index in [1.807, 2.05) is 19.1 Å². The lowest BCUT2D eigenvalue weighted by Gasteiger charge is -2.29. The van der Waals surface area contributed by atoms with Crippen molar-refractivity contribution in [1.29, 1.82) is 0 Å². The number of anilines is 1. The molecule has 170 valence electrons. The molecule has 1 amide bonds. The Labute approximate surface area is 188 Å². The largest absolute Gasteiger partial charge is 0.352 e. The van der Waals surface area contributed by atoms with E-state index in [1.54, 1.807) is 23.7 Å². The number of sulfonamides is 1. The summed E-state index contributed by atoms with van der Waals surface area (Å²) in [5.74, 6) is 1.26. The Balaban J connectivity index is 1.64. The second-order valence-corrected chi connectivity index (χ2v) is 11.1. The Morgan fingerprint density at radius 1 is 1.23 bits per heavy atom. The van der Waals surface area contributed by atoms with E-state index in [-0.39, 0.29) is 24.2 Å². The van der Waals surface area contributed by atoms with Crippen LogP contribution in [-0.4, -0.2) is 47.1 Å². The molecule has 1 fully saturated rings. The summed E-state index contributed by atoms with van der Waals surface area (Å²) in [7, 11) is -1.72. The average molecular weight is 466 g/mol. The minimum absolute atomic E-state index is 0.00859. The number of nitrogens with zero attached hydrogens (tertiary/aromatic N) is 4. The van der Waals surface area contributed by atoms with Gasteiger partial charge in [0.1, 0.15) is 0 Å². The fourth-order valence-corrected chi connectivity index (χ4v) is 5.35. The van der Waals surface area contributed by atoms with Crippen molar-refractivity contribution in [1.82, 2.24) is 20.1 Å². The Bertz CT molecular complexity index is 1000. The van der Waals surface area contributed by atoms with Gasteiger partial charge in [-0.1, -0.05) is 49.2 Å². The molecule has 1 N–H and O–H groups in total. The van der Waals surface area contributed by atoms with Gasteiger partial charge in [-0.05, 0) is 37.8 Å². The summed E-state index contributed by atoms with van der Waals surface area (Å²) < 4.78 is 27.8. The molecule has 2 unspecified atom stereocenters. The normalized spacial score (nSPS) is 19.2. The Kier molecular flexibility index (Phi) is 7.64. The van der Waals surface area contributed by atoms with Crippen molar-refractivity contribution in [2.75, 3.05) is 16.3 Å². The van der Waals surface area contributed by atoms with Gasteiger partial charge in [-0.2, -0.15) is 0 Å². The molecule has 1 aliphatic carbocycles. The van der Waals surface area contributed by atoms with Gasteiger partial charge in [0.15, 0.2) is 11.0 Å². The number of nitrogens with one attached hydrogen (secondary N) is 1. The third kappa shape index (κ3) is 6.22. The minimum Gasteiger partial charge on any atom is -0.352 e. The number of hydrogen-bond acceptors (Lipinski definition) is 6. The van der Waals surface area contributed by atoms with Gasteiger partial charge >= 0.3 is 0 Å². The zero-order valence-corrected chi connectivity index (χ0v) is 20.2. The molecule has 3 rings (SSSR count). The first kappa shape index (κ1) is 23.6. The fourth-order valence-electron chi connectivity index (χ4n) is 3.76. The van der Waals surface area contributed by atoms with Crippen LogP contribution in [0.5, 0.6) is 0 Å². The number of rotatable bonds is 8. The maximum atomic E-state index is 12.4. The number of aromatic nitrogens is 3. The molecule has 1 saturated carbocycles. The summed E-state index contributed by atoms with van der Waals surface area (Å²) >= 11 is 1.31. The smallest absolute Gasteiger partial charge is 0.232 e. The molecule has 1 aromatic carbocycles. The highest BCUT2D eigenvalue weighted by Crippen LogP contribution is 2.25. The van der Waals surface area contributed by atoms with E-state index in [9.17, 15) is 13.2 Å². The zero-order chi connectivity index (χ0) is 22.6.